The average Bonchev–Trinajstić information content (AvgIpc) is 3.12. The van der Waals surface area contributed by atoms with E-state index in [0.717, 1.165) is 25.6 Å². The summed E-state index contributed by atoms with van der Waals surface area (Å²) in [5.74, 6) is 0.869. The van der Waals surface area contributed by atoms with Gasteiger partial charge in [0.15, 0.2) is 0 Å². The number of rotatable bonds is 3. The minimum Gasteiger partial charge on any atom is -0.363 e. The second kappa shape index (κ2) is 4.26. The van der Waals surface area contributed by atoms with E-state index in [9.17, 15) is 0 Å². The van der Waals surface area contributed by atoms with Crippen LogP contribution < -0.4 is 10.2 Å². The Morgan fingerprint density at radius 3 is 2.89 bits per heavy atom. The lowest BCUT2D eigenvalue weighted by molar-refractivity contribution is 0.261. The van der Waals surface area contributed by atoms with Crippen molar-refractivity contribution in [3.63, 3.8) is 0 Å². The molecule has 1 aromatic rings. The fourth-order valence-corrected chi connectivity index (χ4v) is 3.07. The summed E-state index contributed by atoms with van der Waals surface area (Å²) in [6.45, 7) is 9.93. The molecule has 1 saturated heterocycles. The number of anilines is 1. The van der Waals surface area contributed by atoms with Crippen molar-refractivity contribution in [1.82, 2.24) is 15.1 Å². The molecule has 3 rings (SSSR count). The van der Waals surface area contributed by atoms with Crippen molar-refractivity contribution >= 4 is 5.69 Å². The second-order valence-corrected chi connectivity index (χ2v) is 6.10. The van der Waals surface area contributed by atoms with Crippen LogP contribution in [0.2, 0.25) is 0 Å². The quantitative estimate of drug-likeness (QED) is 0.886. The van der Waals surface area contributed by atoms with Crippen LogP contribution in [0, 0.1) is 5.92 Å². The van der Waals surface area contributed by atoms with Gasteiger partial charge in [0.2, 0.25) is 0 Å². The minimum absolute atomic E-state index is 0.292. The van der Waals surface area contributed by atoms with Crippen LogP contribution >= 0.6 is 0 Å². The zero-order valence-electron chi connectivity index (χ0n) is 11.7. The van der Waals surface area contributed by atoms with E-state index in [1.54, 1.807) is 0 Å². The Labute approximate surface area is 109 Å². The average molecular weight is 248 g/mol. The highest BCUT2D eigenvalue weighted by atomic mass is 15.3. The summed E-state index contributed by atoms with van der Waals surface area (Å²) in [5, 5.41) is 8.17. The first-order valence-electron chi connectivity index (χ1n) is 7.16. The standard InChI is InChI=1S/C14H24N4/c1-4-17-9-13(8-16-17)18-10-14(3,12-5-6-12)15-7-11(18)2/h8-9,11-12,15H,4-7,10H2,1-3H3. The summed E-state index contributed by atoms with van der Waals surface area (Å²) in [6, 6.07) is 0.548. The van der Waals surface area contributed by atoms with E-state index in [2.05, 4.69) is 42.3 Å². The highest BCUT2D eigenvalue weighted by molar-refractivity contribution is 5.45. The molecule has 1 N–H and O–H groups in total. The lowest BCUT2D eigenvalue weighted by Gasteiger charge is -2.46. The lowest BCUT2D eigenvalue weighted by atomic mass is 9.91. The third-order valence-electron chi connectivity index (χ3n) is 4.59. The summed E-state index contributed by atoms with van der Waals surface area (Å²) in [5.41, 5.74) is 1.57. The van der Waals surface area contributed by atoms with Crippen molar-refractivity contribution in [2.24, 2.45) is 5.92 Å². The van der Waals surface area contributed by atoms with E-state index in [1.165, 1.54) is 18.5 Å². The van der Waals surface area contributed by atoms with Gasteiger partial charge >= 0.3 is 0 Å². The molecule has 1 aliphatic carbocycles. The third kappa shape index (κ3) is 2.03. The normalized spacial score (nSPS) is 32.8. The minimum atomic E-state index is 0.292. The summed E-state index contributed by atoms with van der Waals surface area (Å²) < 4.78 is 2.01. The molecule has 1 aromatic heterocycles. The van der Waals surface area contributed by atoms with Crippen LogP contribution in [0.15, 0.2) is 12.4 Å². The van der Waals surface area contributed by atoms with Crippen LogP contribution in [0.3, 0.4) is 0 Å². The van der Waals surface area contributed by atoms with E-state index in [4.69, 9.17) is 0 Å². The van der Waals surface area contributed by atoms with Crippen molar-refractivity contribution in [1.29, 1.82) is 0 Å². The maximum absolute atomic E-state index is 4.41. The van der Waals surface area contributed by atoms with E-state index in [0.29, 0.717) is 11.6 Å². The molecule has 18 heavy (non-hydrogen) atoms. The van der Waals surface area contributed by atoms with Crippen molar-refractivity contribution in [3.05, 3.63) is 12.4 Å². The van der Waals surface area contributed by atoms with Crippen LogP contribution in [-0.2, 0) is 6.54 Å². The molecule has 4 nitrogen and oxygen atoms in total. The Bertz CT molecular complexity index is 423. The van der Waals surface area contributed by atoms with E-state index >= 15 is 0 Å². The van der Waals surface area contributed by atoms with Crippen molar-refractivity contribution < 1.29 is 0 Å². The summed E-state index contributed by atoms with van der Waals surface area (Å²) >= 11 is 0. The van der Waals surface area contributed by atoms with Gasteiger partial charge in [-0.3, -0.25) is 4.68 Å². The molecule has 2 aliphatic rings. The zero-order chi connectivity index (χ0) is 12.8. The van der Waals surface area contributed by atoms with Crippen molar-refractivity contribution in [3.8, 4) is 0 Å². The smallest absolute Gasteiger partial charge is 0.0755 e. The summed E-state index contributed by atoms with van der Waals surface area (Å²) in [4.78, 5) is 2.52. The number of nitrogens with one attached hydrogen (secondary N) is 1. The summed E-state index contributed by atoms with van der Waals surface area (Å²) in [7, 11) is 0. The van der Waals surface area contributed by atoms with Crippen LogP contribution in [0.5, 0.6) is 0 Å². The highest BCUT2D eigenvalue weighted by Gasteiger charge is 2.45. The van der Waals surface area contributed by atoms with Gasteiger partial charge in [0.05, 0.1) is 11.9 Å². The topological polar surface area (TPSA) is 33.1 Å². The Hall–Kier alpha value is -1.03. The lowest BCUT2D eigenvalue weighted by Crippen LogP contribution is -2.63. The third-order valence-corrected chi connectivity index (χ3v) is 4.59. The van der Waals surface area contributed by atoms with Crippen molar-refractivity contribution in [2.75, 3.05) is 18.0 Å². The first-order chi connectivity index (χ1) is 8.62. The van der Waals surface area contributed by atoms with Gasteiger partial charge in [0.25, 0.3) is 0 Å². The molecular formula is C14H24N4. The monoisotopic (exact) mass is 248 g/mol. The predicted molar refractivity (Wildman–Crippen MR) is 73.8 cm³/mol. The molecule has 0 radical (unpaired) electrons. The highest BCUT2D eigenvalue weighted by Crippen LogP contribution is 2.42. The van der Waals surface area contributed by atoms with Gasteiger partial charge in [-0.25, -0.2) is 0 Å². The Morgan fingerprint density at radius 1 is 1.50 bits per heavy atom. The van der Waals surface area contributed by atoms with E-state index in [1.807, 2.05) is 10.9 Å². The SMILES string of the molecule is CCn1cc(N2CC(C)(C3CC3)NCC2C)cn1. The largest absolute Gasteiger partial charge is 0.363 e. The number of hydrogen-bond donors (Lipinski definition) is 1. The molecule has 0 amide bonds. The predicted octanol–water partition coefficient (Wildman–Crippen LogP) is 1.87. The molecule has 1 saturated carbocycles. The molecule has 1 aliphatic heterocycles. The molecule has 2 heterocycles. The van der Waals surface area contributed by atoms with Gasteiger partial charge < -0.3 is 10.2 Å². The molecule has 0 spiro atoms. The van der Waals surface area contributed by atoms with Crippen LogP contribution in [0.1, 0.15) is 33.6 Å². The van der Waals surface area contributed by atoms with Crippen LogP contribution in [-0.4, -0.2) is 34.5 Å². The fraction of sp³-hybridized carbons (Fsp3) is 0.786. The van der Waals surface area contributed by atoms with Gasteiger partial charge in [-0.2, -0.15) is 5.10 Å². The van der Waals surface area contributed by atoms with Crippen LogP contribution in [0.25, 0.3) is 0 Å². The first kappa shape index (κ1) is 12.0. The molecule has 2 unspecified atom stereocenters. The number of piperazine rings is 1. The maximum atomic E-state index is 4.41. The zero-order valence-corrected chi connectivity index (χ0v) is 11.7. The molecule has 2 fully saturated rings. The van der Waals surface area contributed by atoms with Gasteiger partial charge in [-0.1, -0.05) is 0 Å². The Balaban J connectivity index is 1.80. The number of aromatic nitrogens is 2. The molecule has 100 valence electrons. The van der Waals surface area contributed by atoms with Gasteiger partial charge in [0, 0.05) is 37.4 Å². The van der Waals surface area contributed by atoms with Crippen LogP contribution in [0.4, 0.5) is 5.69 Å². The first-order valence-corrected chi connectivity index (χ1v) is 7.16. The Kier molecular flexibility index (Phi) is 2.85. The van der Waals surface area contributed by atoms with E-state index < -0.39 is 0 Å². The molecule has 0 aromatic carbocycles. The second-order valence-electron chi connectivity index (χ2n) is 6.10. The van der Waals surface area contributed by atoms with Gasteiger partial charge in [-0.05, 0) is 39.5 Å². The summed E-state index contributed by atoms with van der Waals surface area (Å²) in [6.07, 6.45) is 6.97. The van der Waals surface area contributed by atoms with E-state index in [-0.39, 0.29) is 0 Å². The molecule has 2 atom stereocenters. The number of hydrogen-bond acceptors (Lipinski definition) is 3. The number of nitrogens with zero attached hydrogens (tertiary/aromatic N) is 3. The van der Waals surface area contributed by atoms with Gasteiger partial charge in [0.1, 0.15) is 0 Å². The Morgan fingerprint density at radius 2 is 2.28 bits per heavy atom. The maximum Gasteiger partial charge on any atom is 0.0755 e. The van der Waals surface area contributed by atoms with Gasteiger partial charge in [-0.15, -0.1) is 0 Å². The number of aryl methyl sites for hydroxylation is 1. The fourth-order valence-electron chi connectivity index (χ4n) is 3.07. The molecule has 0 bridgehead atoms. The molecule has 4 heteroatoms. The van der Waals surface area contributed by atoms with Crippen molar-refractivity contribution in [2.45, 2.75) is 51.7 Å². The molecular weight excluding hydrogens is 224 g/mol.